The van der Waals surface area contributed by atoms with Crippen molar-refractivity contribution in [1.29, 1.82) is 0 Å². The number of rotatable bonds is 5. The zero-order chi connectivity index (χ0) is 13.8. The molecule has 1 aliphatic heterocycles. The topological polar surface area (TPSA) is 30.5 Å². The molecule has 1 saturated heterocycles. The van der Waals surface area contributed by atoms with Gasteiger partial charge in [0.25, 0.3) is 0 Å². The summed E-state index contributed by atoms with van der Waals surface area (Å²) < 4.78 is 11.1. The number of hydrogen-bond donors (Lipinski definition) is 1. The van der Waals surface area contributed by atoms with Crippen LogP contribution in [0.4, 0.5) is 0 Å². The molecule has 3 unspecified atom stereocenters. The van der Waals surface area contributed by atoms with Crippen LogP contribution in [0, 0.1) is 12.8 Å². The highest BCUT2D eigenvalue weighted by Crippen LogP contribution is 2.34. The summed E-state index contributed by atoms with van der Waals surface area (Å²) in [4.78, 5) is 0. The van der Waals surface area contributed by atoms with Gasteiger partial charge in [0.1, 0.15) is 5.75 Å². The van der Waals surface area contributed by atoms with Crippen molar-refractivity contribution >= 4 is 0 Å². The Bertz CT molecular complexity index is 419. The molecule has 3 heteroatoms. The van der Waals surface area contributed by atoms with Crippen molar-refractivity contribution in [2.75, 3.05) is 20.3 Å². The minimum atomic E-state index is 0.325. The quantitative estimate of drug-likeness (QED) is 0.885. The van der Waals surface area contributed by atoms with Crippen LogP contribution in [-0.2, 0) is 4.74 Å². The van der Waals surface area contributed by atoms with Crippen LogP contribution in [0.3, 0.4) is 0 Å². The molecule has 2 rings (SSSR count). The van der Waals surface area contributed by atoms with Crippen molar-refractivity contribution < 1.29 is 9.47 Å². The Morgan fingerprint density at radius 1 is 1.47 bits per heavy atom. The third-order valence-electron chi connectivity index (χ3n) is 4.07. The van der Waals surface area contributed by atoms with Crippen LogP contribution in [0.15, 0.2) is 18.2 Å². The fourth-order valence-electron chi connectivity index (χ4n) is 3.02. The average molecular weight is 263 g/mol. The molecule has 3 nitrogen and oxygen atoms in total. The lowest BCUT2D eigenvalue weighted by Gasteiger charge is -2.27. The Labute approximate surface area is 116 Å². The minimum absolute atomic E-state index is 0.325. The molecule has 106 valence electrons. The first-order valence-electron chi connectivity index (χ1n) is 7.17. The molecule has 0 aliphatic carbocycles. The van der Waals surface area contributed by atoms with Crippen molar-refractivity contribution in [3.05, 3.63) is 29.3 Å². The molecular weight excluding hydrogens is 238 g/mol. The van der Waals surface area contributed by atoms with Gasteiger partial charge < -0.3 is 14.8 Å². The van der Waals surface area contributed by atoms with Crippen molar-refractivity contribution in [1.82, 2.24) is 5.32 Å². The van der Waals surface area contributed by atoms with E-state index in [2.05, 4.69) is 44.3 Å². The maximum atomic E-state index is 5.72. The Balaban J connectivity index is 2.25. The molecular formula is C16H25NO2. The summed E-state index contributed by atoms with van der Waals surface area (Å²) in [5.41, 5.74) is 2.52. The van der Waals surface area contributed by atoms with Gasteiger partial charge in [-0.05, 0) is 44.0 Å². The average Bonchev–Trinajstić information content (AvgIpc) is 2.82. The SMILES string of the molecule is CCNC(c1ccc(OC)c(C)c1)C1CCOC1C. The second kappa shape index (κ2) is 6.40. The van der Waals surface area contributed by atoms with E-state index in [1.54, 1.807) is 7.11 Å². The number of methoxy groups -OCH3 is 1. The van der Waals surface area contributed by atoms with E-state index in [0.29, 0.717) is 18.1 Å². The lowest BCUT2D eigenvalue weighted by atomic mass is 9.87. The van der Waals surface area contributed by atoms with Crippen LogP contribution < -0.4 is 10.1 Å². The Kier molecular flexibility index (Phi) is 4.83. The molecule has 0 amide bonds. The largest absolute Gasteiger partial charge is 0.496 e. The van der Waals surface area contributed by atoms with Gasteiger partial charge in [0.05, 0.1) is 13.2 Å². The third kappa shape index (κ3) is 3.10. The zero-order valence-electron chi connectivity index (χ0n) is 12.4. The molecule has 1 aromatic carbocycles. The number of ether oxygens (including phenoxy) is 2. The highest BCUT2D eigenvalue weighted by Gasteiger charge is 2.32. The highest BCUT2D eigenvalue weighted by molar-refractivity contribution is 5.37. The summed E-state index contributed by atoms with van der Waals surface area (Å²) in [6, 6.07) is 6.84. The minimum Gasteiger partial charge on any atom is -0.496 e. The highest BCUT2D eigenvalue weighted by atomic mass is 16.5. The first kappa shape index (κ1) is 14.4. The van der Waals surface area contributed by atoms with E-state index in [9.17, 15) is 0 Å². The molecule has 0 bridgehead atoms. The van der Waals surface area contributed by atoms with Gasteiger partial charge in [-0.15, -0.1) is 0 Å². The molecule has 0 aromatic heterocycles. The standard InChI is InChI=1S/C16H25NO2/c1-5-17-16(14-8-9-19-12(14)3)13-6-7-15(18-4)11(2)10-13/h6-7,10,12,14,16-17H,5,8-9H2,1-4H3. The molecule has 0 saturated carbocycles. The molecule has 0 radical (unpaired) electrons. The van der Waals surface area contributed by atoms with Crippen molar-refractivity contribution in [3.8, 4) is 5.75 Å². The van der Waals surface area contributed by atoms with Crippen LogP contribution in [0.2, 0.25) is 0 Å². The number of hydrogen-bond acceptors (Lipinski definition) is 3. The fourth-order valence-corrected chi connectivity index (χ4v) is 3.02. The predicted octanol–water partition coefficient (Wildman–Crippen LogP) is 3.08. The van der Waals surface area contributed by atoms with Gasteiger partial charge in [0.15, 0.2) is 0 Å². The molecule has 1 fully saturated rings. The smallest absolute Gasteiger partial charge is 0.121 e. The Hall–Kier alpha value is -1.06. The molecule has 1 heterocycles. The Morgan fingerprint density at radius 2 is 2.26 bits per heavy atom. The first-order chi connectivity index (χ1) is 9.17. The predicted molar refractivity (Wildman–Crippen MR) is 77.7 cm³/mol. The second-order valence-corrected chi connectivity index (χ2v) is 5.29. The third-order valence-corrected chi connectivity index (χ3v) is 4.07. The molecule has 1 N–H and O–H groups in total. The van der Waals surface area contributed by atoms with Gasteiger partial charge in [0.2, 0.25) is 0 Å². The molecule has 0 spiro atoms. The van der Waals surface area contributed by atoms with Gasteiger partial charge in [-0.2, -0.15) is 0 Å². The van der Waals surface area contributed by atoms with E-state index in [1.807, 2.05) is 0 Å². The van der Waals surface area contributed by atoms with E-state index < -0.39 is 0 Å². The van der Waals surface area contributed by atoms with Crippen LogP contribution in [-0.4, -0.2) is 26.4 Å². The summed E-state index contributed by atoms with van der Waals surface area (Å²) in [6.07, 6.45) is 1.45. The first-order valence-corrected chi connectivity index (χ1v) is 7.17. The summed E-state index contributed by atoms with van der Waals surface area (Å²) >= 11 is 0. The maximum Gasteiger partial charge on any atom is 0.121 e. The van der Waals surface area contributed by atoms with Gasteiger partial charge >= 0.3 is 0 Å². The van der Waals surface area contributed by atoms with Crippen LogP contribution in [0.1, 0.15) is 37.4 Å². The van der Waals surface area contributed by atoms with Gasteiger partial charge in [-0.25, -0.2) is 0 Å². The number of aryl methyl sites for hydroxylation is 1. The van der Waals surface area contributed by atoms with E-state index in [1.165, 1.54) is 11.1 Å². The number of nitrogens with one attached hydrogen (secondary N) is 1. The van der Waals surface area contributed by atoms with Crippen LogP contribution >= 0.6 is 0 Å². The second-order valence-electron chi connectivity index (χ2n) is 5.29. The zero-order valence-corrected chi connectivity index (χ0v) is 12.4. The van der Waals surface area contributed by atoms with E-state index in [4.69, 9.17) is 9.47 Å². The van der Waals surface area contributed by atoms with Gasteiger partial charge in [0, 0.05) is 18.6 Å². The normalized spacial score (nSPS) is 24.4. The molecule has 1 aromatic rings. The lowest BCUT2D eigenvalue weighted by molar-refractivity contribution is 0.0955. The van der Waals surface area contributed by atoms with Crippen molar-refractivity contribution in [3.63, 3.8) is 0 Å². The summed E-state index contributed by atoms with van der Waals surface area (Å²) in [6.45, 7) is 8.28. The van der Waals surface area contributed by atoms with Crippen LogP contribution in [0.25, 0.3) is 0 Å². The molecule has 1 aliphatic rings. The maximum absolute atomic E-state index is 5.72. The monoisotopic (exact) mass is 263 g/mol. The summed E-state index contributed by atoms with van der Waals surface area (Å²) in [5.74, 6) is 1.50. The summed E-state index contributed by atoms with van der Waals surface area (Å²) in [7, 11) is 1.72. The van der Waals surface area contributed by atoms with Crippen molar-refractivity contribution in [2.24, 2.45) is 5.92 Å². The van der Waals surface area contributed by atoms with E-state index in [-0.39, 0.29) is 0 Å². The summed E-state index contributed by atoms with van der Waals surface area (Å²) in [5, 5.41) is 3.62. The van der Waals surface area contributed by atoms with E-state index in [0.717, 1.165) is 25.3 Å². The molecule has 19 heavy (non-hydrogen) atoms. The van der Waals surface area contributed by atoms with Gasteiger partial charge in [-0.1, -0.05) is 19.1 Å². The van der Waals surface area contributed by atoms with E-state index >= 15 is 0 Å². The molecule has 3 atom stereocenters. The number of benzene rings is 1. The van der Waals surface area contributed by atoms with Crippen molar-refractivity contribution in [2.45, 2.75) is 39.3 Å². The van der Waals surface area contributed by atoms with Gasteiger partial charge in [-0.3, -0.25) is 0 Å². The lowest BCUT2D eigenvalue weighted by Crippen LogP contribution is -2.31. The fraction of sp³-hybridized carbons (Fsp3) is 0.625. The van der Waals surface area contributed by atoms with Crippen LogP contribution in [0.5, 0.6) is 5.75 Å². The Morgan fingerprint density at radius 3 is 2.79 bits per heavy atom.